The molecule has 1 unspecified atom stereocenters. The van der Waals surface area contributed by atoms with Crippen LogP contribution in [0.15, 0.2) is 0 Å². The molecule has 22 heavy (non-hydrogen) atoms. The Bertz CT molecular complexity index is 280. The highest BCUT2D eigenvalue weighted by molar-refractivity contribution is 14.1. The van der Waals surface area contributed by atoms with Crippen LogP contribution in [0, 0.1) is 5.41 Å². The third-order valence-electron chi connectivity index (χ3n) is 2.78. The van der Waals surface area contributed by atoms with Gasteiger partial charge in [-0.2, -0.15) is 0 Å². The van der Waals surface area contributed by atoms with Gasteiger partial charge in [0.2, 0.25) is 0 Å². The van der Waals surface area contributed by atoms with Gasteiger partial charge in [-0.15, -0.1) is 0 Å². The Morgan fingerprint density at radius 3 is 1.73 bits per heavy atom. The van der Waals surface area contributed by atoms with Crippen LogP contribution in [0.3, 0.4) is 0 Å². The number of hydrogen-bond donors (Lipinski definition) is 1. The topological polar surface area (TPSA) is 74.2 Å². The average Bonchev–Trinajstić information content (AvgIpc) is 2.42. The minimum absolute atomic E-state index is 0.0242. The first-order valence-electron chi connectivity index (χ1n) is 7.51. The summed E-state index contributed by atoms with van der Waals surface area (Å²) in [4.78, 5) is 10.2. The first kappa shape index (κ1) is 22.0. The molecule has 0 radical (unpaired) electrons. The van der Waals surface area contributed by atoms with Crippen LogP contribution in [0.1, 0.15) is 27.2 Å². The van der Waals surface area contributed by atoms with Crippen molar-refractivity contribution in [3.05, 3.63) is 0 Å². The maximum atomic E-state index is 10.2. The first-order chi connectivity index (χ1) is 10.3. The lowest BCUT2D eigenvalue weighted by atomic mass is 9.93. The van der Waals surface area contributed by atoms with Crippen LogP contribution < -0.4 is 0 Å². The Labute approximate surface area is 147 Å². The maximum absolute atomic E-state index is 10.2. The van der Waals surface area contributed by atoms with Crippen molar-refractivity contribution < 1.29 is 28.8 Å². The number of rotatable bonds is 14. The molecule has 0 rings (SSSR count). The quantitative estimate of drug-likeness (QED) is 0.258. The van der Waals surface area contributed by atoms with Gasteiger partial charge in [-0.05, 0) is 5.41 Å². The molecular formula is C15H29IO6. The van der Waals surface area contributed by atoms with Crippen LogP contribution in [0.25, 0.3) is 0 Å². The van der Waals surface area contributed by atoms with Crippen molar-refractivity contribution >= 4 is 28.6 Å². The van der Waals surface area contributed by atoms with Crippen LogP contribution in [0.2, 0.25) is 0 Å². The van der Waals surface area contributed by atoms with E-state index in [0.717, 1.165) is 6.61 Å². The summed E-state index contributed by atoms with van der Waals surface area (Å²) in [6.45, 7) is 10.6. The van der Waals surface area contributed by atoms with Crippen molar-refractivity contribution in [1.82, 2.24) is 0 Å². The molecule has 0 aliphatic rings. The van der Waals surface area contributed by atoms with E-state index in [9.17, 15) is 4.79 Å². The fourth-order valence-electron chi connectivity index (χ4n) is 1.26. The van der Waals surface area contributed by atoms with Gasteiger partial charge in [0.25, 0.3) is 0 Å². The Kier molecular flexibility index (Phi) is 13.5. The van der Waals surface area contributed by atoms with E-state index in [1.54, 1.807) is 0 Å². The molecule has 0 bridgehead atoms. The van der Waals surface area contributed by atoms with Crippen LogP contribution in [-0.4, -0.2) is 67.9 Å². The molecule has 0 aromatic carbocycles. The van der Waals surface area contributed by atoms with Gasteiger partial charge in [0.15, 0.2) is 0 Å². The van der Waals surface area contributed by atoms with E-state index >= 15 is 0 Å². The van der Waals surface area contributed by atoms with Crippen LogP contribution in [0.4, 0.5) is 0 Å². The number of carbonyl (C=O) groups is 1. The average molecular weight is 432 g/mol. The largest absolute Gasteiger partial charge is 0.481 e. The molecule has 0 saturated heterocycles. The zero-order valence-corrected chi connectivity index (χ0v) is 16.0. The molecule has 0 aliphatic carbocycles. The first-order valence-corrected chi connectivity index (χ1v) is 8.75. The summed E-state index contributed by atoms with van der Waals surface area (Å²) in [5.41, 5.74) is 0.252. The van der Waals surface area contributed by atoms with E-state index in [1.807, 2.05) is 0 Å². The van der Waals surface area contributed by atoms with Crippen molar-refractivity contribution in [2.45, 2.75) is 31.1 Å². The molecule has 0 spiro atoms. The zero-order valence-electron chi connectivity index (χ0n) is 13.8. The lowest BCUT2D eigenvalue weighted by Crippen LogP contribution is -2.26. The van der Waals surface area contributed by atoms with Gasteiger partial charge in [0, 0.05) is 3.92 Å². The van der Waals surface area contributed by atoms with Crippen LogP contribution in [-0.2, 0) is 23.7 Å². The molecule has 0 aliphatic heterocycles. The molecular weight excluding hydrogens is 403 g/mol. The minimum atomic E-state index is -0.854. The second-order valence-corrected chi connectivity index (χ2v) is 7.39. The maximum Gasteiger partial charge on any atom is 0.305 e. The molecule has 1 atom stereocenters. The number of hydrogen-bond acceptors (Lipinski definition) is 5. The SMILES string of the molecule is CC(C)(C)C(I)COCCOCCOCCOCCC(=O)O. The van der Waals surface area contributed by atoms with E-state index in [1.165, 1.54) is 0 Å². The summed E-state index contributed by atoms with van der Waals surface area (Å²) in [6, 6.07) is 0. The Hall–Kier alpha value is 0.0400. The molecule has 0 saturated carbocycles. The highest BCUT2D eigenvalue weighted by Crippen LogP contribution is 2.26. The Balaban J connectivity index is 3.16. The minimum Gasteiger partial charge on any atom is -0.481 e. The van der Waals surface area contributed by atoms with Gasteiger partial charge >= 0.3 is 5.97 Å². The lowest BCUT2D eigenvalue weighted by molar-refractivity contribution is -0.138. The fraction of sp³-hybridized carbons (Fsp3) is 0.933. The van der Waals surface area contributed by atoms with E-state index in [-0.39, 0.29) is 18.4 Å². The number of carboxylic acids is 1. The third kappa shape index (κ3) is 15.0. The summed E-state index contributed by atoms with van der Waals surface area (Å²) >= 11 is 2.41. The van der Waals surface area contributed by atoms with Gasteiger partial charge in [-0.1, -0.05) is 43.4 Å². The zero-order chi connectivity index (χ0) is 16.8. The van der Waals surface area contributed by atoms with Gasteiger partial charge < -0.3 is 24.1 Å². The van der Waals surface area contributed by atoms with Crippen molar-refractivity contribution in [1.29, 1.82) is 0 Å². The molecule has 0 heterocycles. The van der Waals surface area contributed by atoms with Gasteiger partial charge in [0.1, 0.15) is 0 Å². The summed E-state index contributed by atoms with van der Waals surface area (Å²) in [6.07, 6.45) is 0.0242. The molecule has 6 nitrogen and oxygen atoms in total. The normalized spacial score (nSPS) is 13.3. The van der Waals surface area contributed by atoms with Crippen LogP contribution in [0.5, 0.6) is 0 Å². The molecule has 0 aromatic heterocycles. The Morgan fingerprint density at radius 1 is 0.909 bits per heavy atom. The summed E-state index contributed by atoms with van der Waals surface area (Å²) in [5, 5.41) is 8.41. The molecule has 132 valence electrons. The third-order valence-corrected chi connectivity index (χ3v) is 5.01. The van der Waals surface area contributed by atoms with Crippen molar-refractivity contribution in [2.24, 2.45) is 5.41 Å². The standard InChI is InChI=1S/C15H29IO6/c1-15(2,3)13(16)12-22-11-10-21-9-8-20-7-6-19-5-4-14(17)18/h13H,4-12H2,1-3H3,(H,17,18). The van der Waals surface area contributed by atoms with Crippen molar-refractivity contribution in [3.63, 3.8) is 0 Å². The van der Waals surface area contributed by atoms with Crippen LogP contribution >= 0.6 is 22.6 Å². The summed E-state index contributed by atoms with van der Waals surface area (Å²) in [5.74, 6) is -0.854. The van der Waals surface area contributed by atoms with E-state index in [0.29, 0.717) is 43.6 Å². The molecule has 0 aromatic rings. The second kappa shape index (κ2) is 13.5. The highest BCUT2D eigenvalue weighted by atomic mass is 127. The van der Waals surface area contributed by atoms with E-state index in [2.05, 4.69) is 43.4 Å². The summed E-state index contributed by atoms with van der Waals surface area (Å²) < 4.78 is 21.8. The Morgan fingerprint density at radius 2 is 1.32 bits per heavy atom. The highest BCUT2D eigenvalue weighted by Gasteiger charge is 2.21. The van der Waals surface area contributed by atoms with Gasteiger partial charge in [-0.3, -0.25) is 4.79 Å². The predicted molar refractivity (Wildman–Crippen MR) is 92.8 cm³/mol. The number of carboxylic acid groups (broad SMARTS) is 1. The number of halogens is 1. The van der Waals surface area contributed by atoms with Crippen molar-refractivity contribution in [2.75, 3.05) is 52.9 Å². The second-order valence-electron chi connectivity index (χ2n) is 5.89. The van der Waals surface area contributed by atoms with Gasteiger partial charge in [0.05, 0.1) is 59.3 Å². The number of aliphatic carboxylic acids is 1. The molecule has 1 N–H and O–H groups in total. The monoisotopic (exact) mass is 432 g/mol. The lowest BCUT2D eigenvalue weighted by Gasteiger charge is -2.25. The van der Waals surface area contributed by atoms with E-state index < -0.39 is 5.97 Å². The summed E-state index contributed by atoms with van der Waals surface area (Å²) in [7, 11) is 0. The number of alkyl halides is 1. The molecule has 0 fully saturated rings. The van der Waals surface area contributed by atoms with E-state index in [4.69, 9.17) is 24.1 Å². The smallest absolute Gasteiger partial charge is 0.305 e. The van der Waals surface area contributed by atoms with Gasteiger partial charge in [-0.25, -0.2) is 0 Å². The fourth-order valence-corrected chi connectivity index (χ4v) is 1.51. The predicted octanol–water partition coefficient (Wildman–Crippen LogP) is 2.38. The van der Waals surface area contributed by atoms with Crippen molar-refractivity contribution in [3.8, 4) is 0 Å². The molecule has 7 heteroatoms. The molecule has 0 amide bonds. The number of ether oxygens (including phenoxy) is 4.